The Morgan fingerprint density at radius 1 is 0.875 bits per heavy atom. The number of nitrogens with zero attached hydrogens (tertiary/aromatic N) is 1. The molecular weight excluding hydrogens is 222 g/mol. The molecule has 2 nitrogen and oxygen atoms in total. The van der Waals surface area contributed by atoms with Crippen LogP contribution in [0.25, 0.3) is 11.1 Å². The topological polar surface area (TPSA) is 29.4 Å². The first-order chi connectivity index (χ1) is 7.81. The summed E-state index contributed by atoms with van der Waals surface area (Å²) >= 11 is 5.71. The van der Waals surface area contributed by atoms with Gasteiger partial charge in [-0.1, -0.05) is 66.2 Å². The Morgan fingerprint density at radius 2 is 1.44 bits per heavy atom. The smallest absolute Gasteiger partial charge is 0.149 e. The molecule has 0 aliphatic heterocycles. The van der Waals surface area contributed by atoms with E-state index in [1.807, 2.05) is 54.6 Å². The van der Waals surface area contributed by atoms with Crippen molar-refractivity contribution in [2.75, 3.05) is 0 Å². The van der Waals surface area contributed by atoms with Crippen molar-refractivity contribution in [3.05, 3.63) is 65.1 Å². The van der Waals surface area contributed by atoms with Crippen molar-refractivity contribution >= 4 is 11.6 Å². The number of nitroso groups, excluding NO2 is 1. The number of hydrogen-bond acceptors (Lipinski definition) is 2. The molecule has 0 radical (unpaired) electrons. The van der Waals surface area contributed by atoms with Crippen molar-refractivity contribution in [2.24, 2.45) is 5.18 Å². The molecule has 0 amide bonds. The summed E-state index contributed by atoms with van der Waals surface area (Å²) in [5.41, 5.74) is 2.15. The summed E-state index contributed by atoms with van der Waals surface area (Å²) in [5, 5.41) is 2.78. The van der Waals surface area contributed by atoms with E-state index in [4.69, 9.17) is 11.6 Å². The quantitative estimate of drug-likeness (QED) is 0.439. The van der Waals surface area contributed by atoms with E-state index >= 15 is 0 Å². The van der Waals surface area contributed by atoms with Gasteiger partial charge >= 0.3 is 0 Å². The first-order valence-electron chi connectivity index (χ1n) is 4.93. The van der Waals surface area contributed by atoms with Crippen LogP contribution in [0.3, 0.4) is 0 Å². The maximum atomic E-state index is 10.3. The van der Waals surface area contributed by atoms with Gasteiger partial charge < -0.3 is 0 Å². The molecular formula is C13H10ClNO. The number of benzene rings is 2. The average Bonchev–Trinajstić information content (AvgIpc) is 2.39. The van der Waals surface area contributed by atoms with Gasteiger partial charge in [0.05, 0.1) is 0 Å². The zero-order valence-electron chi connectivity index (χ0n) is 8.51. The molecule has 80 valence electrons. The van der Waals surface area contributed by atoms with Crippen molar-refractivity contribution in [3.63, 3.8) is 0 Å². The van der Waals surface area contributed by atoms with Gasteiger partial charge in [0.1, 0.15) is 0 Å². The molecule has 2 aromatic rings. The van der Waals surface area contributed by atoms with Crippen molar-refractivity contribution in [3.8, 4) is 11.1 Å². The molecule has 0 heterocycles. The van der Waals surface area contributed by atoms with Crippen molar-refractivity contribution < 1.29 is 0 Å². The number of rotatable bonds is 3. The van der Waals surface area contributed by atoms with Gasteiger partial charge in [-0.2, -0.15) is 0 Å². The summed E-state index contributed by atoms with van der Waals surface area (Å²) in [7, 11) is 0. The number of alkyl halides is 1. The largest absolute Gasteiger partial charge is 0.190 e. The average molecular weight is 232 g/mol. The third-order valence-electron chi connectivity index (χ3n) is 2.39. The summed E-state index contributed by atoms with van der Waals surface area (Å²) in [6.07, 6.45) is 0. The van der Waals surface area contributed by atoms with Gasteiger partial charge in [-0.3, -0.25) is 0 Å². The summed E-state index contributed by atoms with van der Waals surface area (Å²) < 4.78 is 0. The highest BCUT2D eigenvalue weighted by atomic mass is 35.5. The minimum absolute atomic E-state index is 0.719. The lowest BCUT2D eigenvalue weighted by Crippen LogP contribution is -1.85. The Labute approximate surface area is 98.9 Å². The lowest BCUT2D eigenvalue weighted by Gasteiger charge is -2.04. The van der Waals surface area contributed by atoms with Crippen LogP contribution in [-0.4, -0.2) is 0 Å². The van der Waals surface area contributed by atoms with Crippen molar-refractivity contribution in [1.82, 2.24) is 0 Å². The molecule has 2 aromatic carbocycles. The Bertz CT molecular complexity index is 467. The minimum atomic E-state index is -0.801. The number of halogens is 1. The minimum Gasteiger partial charge on any atom is -0.149 e. The van der Waals surface area contributed by atoms with Gasteiger partial charge in [0.15, 0.2) is 5.50 Å². The molecule has 1 atom stereocenters. The van der Waals surface area contributed by atoms with Gasteiger partial charge in [-0.15, -0.1) is 4.91 Å². The van der Waals surface area contributed by atoms with Crippen molar-refractivity contribution in [2.45, 2.75) is 5.50 Å². The standard InChI is InChI=1S/C13H10ClNO/c14-13(15-16)12-8-6-11(7-9-12)10-4-2-1-3-5-10/h1-9,13H. The molecule has 1 unspecified atom stereocenters. The normalized spacial score (nSPS) is 12.1. The second kappa shape index (κ2) is 4.90. The maximum absolute atomic E-state index is 10.3. The van der Waals surface area contributed by atoms with Gasteiger partial charge in [0.25, 0.3) is 0 Å². The first-order valence-corrected chi connectivity index (χ1v) is 5.37. The Kier molecular flexibility index (Phi) is 3.32. The van der Waals surface area contributed by atoms with Crippen LogP contribution in [0.2, 0.25) is 0 Å². The maximum Gasteiger partial charge on any atom is 0.190 e. The van der Waals surface area contributed by atoms with E-state index < -0.39 is 5.50 Å². The van der Waals surface area contributed by atoms with Crippen LogP contribution in [0.15, 0.2) is 59.8 Å². The van der Waals surface area contributed by atoms with Crippen LogP contribution < -0.4 is 0 Å². The molecule has 0 bridgehead atoms. The lowest BCUT2D eigenvalue weighted by molar-refractivity contribution is 1.01. The molecule has 0 saturated heterocycles. The Morgan fingerprint density at radius 3 is 2.00 bits per heavy atom. The monoisotopic (exact) mass is 231 g/mol. The van der Waals surface area contributed by atoms with E-state index in [0.717, 1.165) is 16.7 Å². The first kappa shape index (κ1) is 10.8. The molecule has 0 spiro atoms. The van der Waals surface area contributed by atoms with E-state index in [1.165, 1.54) is 0 Å². The third-order valence-corrected chi connectivity index (χ3v) is 2.72. The van der Waals surface area contributed by atoms with Gasteiger partial charge in [0, 0.05) is 0 Å². The molecule has 0 aromatic heterocycles. The second-order valence-corrected chi connectivity index (χ2v) is 3.84. The number of hydrogen-bond donors (Lipinski definition) is 0. The van der Waals surface area contributed by atoms with E-state index in [2.05, 4.69) is 5.18 Å². The van der Waals surface area contributed by atoms with Crippen LogP contribution >= 0.6 is 11.6 Å². The highest BCUT2D eigenvalue weighted by Crippen LogP contribution is 2.25. The highest BCUT2D eigenvalue weighted by molar-refractivity contribution is 6.20. The van der Waals surface area contributed by atoms with Crippen LogP contribution in [0, 0.1) is 4.91 Å². The molecule has 0 aliphatic rings. The van der Waals surface area contributed by atoms with Gasteiger partial charge in [-0.25, -0.2) is 0 Å². The predicted octanol–water partition coefficient (Wildman–Crippen LogP) is 4.36. The fraction of sp³-hybridized carbons (Fsp3) is 0.0769. The predicted molar refractivity (Wildman–Crippen MR) is 66.3 cm³/mol. The lowest BCUT2D eigenvalue weighted by atomic mass is 10.0. The molecule has 2 rings (SSSR count). The molecule has 3 heteroatoms. The Hall–Kier alpha value is -1.67. The van der Waals surface area contributed by atoms with Crippen LogP contribution in [-0.2, 0) is 0 Å². The highest BCUT2D eigenvalue weighted by Gasteiger charge is 2.06. The van der Waals surface area contributed by atoms with Crippen LogP contribution in [0.5, 0.6) is 0 Å². The van der Waals surface area contributed by atoms with Crippen molar-refractivity contribution in [1.29, 1.82) is 0 Å². The van der Waals surface area contributed by atoms with Crippen LogP contribution in [0.1, 0.15) is 11.1 Å². The van der Waals surface area contributed by atoms with Gasteiger partial charge in [0.2, 0.25) is 0 Å². The van der Waals surface area contributed by atoms with E-state index in [1.54, 1.807) is 0 Å². The van der Waals surface area contributed by atoms with Crippen LogP contribution in [0.4, 0.5) is 0 Å². The summed E-state index contributed by atoms with van der Waals surface area (Å²) in [6.45, 7) is 0. The molecule has 0 fully saturated rings. The van der Waals surface area contributed by atoms with E-state index in [9.17, 15) is 4.91 Å². The van der Waals surface area contributed by atoms with Gasteiger partial charge in [-0.05, 0) is 21.9 Å². The van der Waals surface area contributed by atoms with E-state index in [-0.39, 0.29) is 0 Å². The second-order valence-electron chi connectivity index (χ2n) is 3.43. The summed E-state index contributed by atoms with van der Waals surface area (Å²) in [6, 6.07) is 17.5. The molecule has 0 aliphatic carbocycles. The zero-order chi connectivity index (χ0) is 11.4. The Balaban J connectivity index is 2.30. The fourth-order valence-electron chi connectivity index (χ4n) is 1.53. The molecule has 0 saturated carbocycles. The zero-order valence-corrected chi connectivity index (χ0v) is 9.26. The summed E-state index contributed by atoms with van der Waals surface area (Å²) in [5.74, 6) is 0. The SMILES string of the molecule is O=NC(Cl)c1ccc(-c2ccccc2)cc1. The third kappa shape index (κ3) is 2.28. The molecule has 16 heavy (non-hydrogen) atoms. The fourth-order valence-corrected chi connectivity index (χ4v) is 1.67. The van der Waals surface area contributed by atoms with E-state index in [0.29, 0.717) is 0 Å². The molecule has 0 N–H and O–H groups in total. The summed E-state index contributed by atoms with van der Waals surface area (Å²) in [4.78, 5) is 10.3.